The van der Waals surface area contributed by atoms with Crippen LogP contribution in [0, 0.1) is 5.82 Å². The molecular weight excluding hydrogens is 395 g/mol. The first-order chi connectivity index (χ1) is 12.4. The highest BCUT2D eigenvalue weighted by Crippen LogP contribution is 2.36. The van der Waals surface area contributed by atoms with Gasteiger partial charge in [0.15, 0.2) is 15.0 Å². The van der Waals surface area contributed by atoms with Gasteiger partial charge in [0.05, 0.1) is 23.6 Å². The van der Waals surface area contributed by atoms with Gasteiger partial charge in [0.1, 0.15) is 5.82 Å². The molecule has 4 rings (SSSR count). The van der Waals surface area contributed by atoms with Gasteiger partial charge in [-0.25, -0.2) is 12.8 Å². The van der Waals surface area contributed by atoms with Crippen molar-refractivity contribution in [3.05, 3.63) is 64.9 Å². The number of nitrogens with zero attached hydrogens (tertiary/aromatic N) is 2. The lowest BCUT2D eigenvalue weighted by Crippen LogP contribution is -2.39. The second-order valence-corrected chi connectivity index (χ2v) is 9.89. The summed E-state index contributed by atoms with van der Waals surface area (Å²) in [7, 11) is -3.10. The standard InChI is InChI=1S/C18H16ClFN2O2S2/c19-13-5-3-6-14(8-13)22-17-11-26(23,24)10-16(17)21-18(22)25-9-12-4-1-2-7-15(12)20/h1-8,16-17H,9-11H2. The number of benzene rings is 2. The largest absolute Gasteiger partial charge is 0.315 e. The predicted molar refractivity (Wildman–Crippen MR) is 105 cm³/mol. The average molecular weight is 411 g/mol. The number of fused-ring (bicyclic) bond motifs is 1. The van der Waals surface area contributed by atoms with E-state index in [1.54, 1.807) is 30.3 Å². The smallest absolute Gasteiger partial charge is 0.164 e. The molecule has 4 nitrogen and oxygen atoms in total. The highest BCUT2D eigenvalue weighted by molar-refractivity contribution is 8.13. The van der Waals surface area contributed by atoms with Crippen LogP contribution in [-0.4, -0.2) is 37.2 Å². The lowest BCUT2D eigenvalue weighted by molar-refractivity contribution is 0.601. The van der Waals surface area contributed by atoms with Crippen LogP contribution in [0.2, 0.25) is 5.02 Å². The molecule has 2 atom stereocenters. The maximum absolute atomic E-state index is 13.9. The Kier molecular flexibility index (Phi) is 4.71. The van der Waals surface area contributed by atoms with E-state index in [2.05, 4.69) is 4.99 Å². The zero-order valence-corrected chi connectivity index (χ0v) is 16.1. The number of amidine groups is 1. The Morgan fingerprint density at radius 1 is 1.19 bits per heavy atom. The Morgan fingerprint density at radius 3 is 2.77 bits per heavy atom. The summed E-state index contributed by atoms with van der Waals surface area (Å²) in [5.74, 6) is 0.292. The molecule has 2 aromatic carbocycles. The van der Waals surface area contributed by atoms with E-state index >= 15 is 0 Å². The van der Waals surface area contributed by atoms with Gasteiger partial charge in [-0.2, -0.15) is 0 Å². The fourth-order valence-corrected chi connectivity index (χ4v) is 6.46. The molecule has 0 aliphatic carbocycles. The van der Waals surface area contributed by atoms with Gasteiger partial charge >= 0.3 is 0 Å². The van der Waals surface area contributed by atoms with Crippen LogP contribution in [0.25, 0.3) is 0 Å². The molecule has 0 N–H and O–H groups in total. The Morgan fingerprint density at radius 2 is 2.00 bits per heavy atom. The molecular formula is C18H16ClFN2O2S2. The van der Waals surface area contributed by atoms with Crippen LogP contribution in [0.1, 0.15) is 5.56 Å². The van der Waals surface area contributed by atoms with Crippen LogP contribution in [-0.2, 0) is 15.6 Å². The van der Waals surface area contributed by atoms with Crippen molar-refractivity contribution in [2.24, 2.45) is 4.99 Å². The van der Waals surface area contributed by atoms with Crippen molar-refractivity contribution in [1.82, 2.24) is 0 Å². The monoisotopic (exact) mass is 410 g/mol. The van der Waals surface area contributed by atoms with Gasteiger partial charge in [0.25, 0.3) is 0 Å². The normalized spacial score (nSPS) is 23.8. The van der Waals surface area contributed by atoms with Crippen LogP contribution in [0.15, 0.2) is 53.5 Å². The number of rotatable bonds is 3. The number of halogens is 2. The van der Waals surface area contributed by atoms with E-state index in [1.165, 1.54) is 17.8 Å². The Labute approximate surface area is 161 Å². The minimum absolute atomic E-state index is 0.0541. The third kappa shape index (κ3) is 3.48. The van der Waals surface area contributed by atoms with Crippen LogP contribution >= 0.6 is 23.4 Å². The molecule has 1 fully saturated rings. The summed E-state index contributed by atoms with van der Waals surface area (Å²) in [5.41, 5.74) is 1.40. The van der Waals surface area contributed by atoms with Gasteiger partial charge in [0.2, 0.25) is 0 Å². The van der Waals surface area contributed by atoms with Crippen LogP contribution in [0.4, 0.5) is 10.1 Å². The van der Waals surface area contributed by atoms with Crippen molar-refractivity contribution in [2.75, 3.05) is 16.4 Å². The summed E-state index contributed by atoms with van der Waals surface area (Å²) in [6, 6.07) is 13.4. The van der Waals surface area contributed by atoms with Crippen LogP contribution in [0.5, 0.6) is 0 Å². The number of sulfone groups is 1. The van der Waals surface area contributed by atoms with Crippen molar-refractivity contribution in [3.63, 3.8) is 0 Å². The number of anilines is 1. The Balaban J connectivity index is 1.64. The number of hydrogen-bond donors (Lipinski definition) is 0. The molecule has 0 aromatic heterocycles. The van der Waals surface area contributed by atoms with Crippen molar-refractivity contribution >= 4 is 44.1 Å². The molecule has 8 heteroatoms. The maximum atomic E-state index is 13.9. The van der Waals surface area contributed by atoms with Gasteiger partial charge in [-0.15, -0.1) is 0 Å². The molecule has 1 saturated heterocycles. The average Bonchev–Trinajstić information content (AvgIpc) is 3.05. The second kappa shape index (κ2) is 6.87. The number of aliphatic imine (C=N–C) groups is 1. The molecule has 0 radical (unpaired) electrons. The third-order valence-electron chi connectivity index (χ3n) is 4.51. The highest BCUT2D eigenvalue weighted by atomic mass is 35.5. The first-order valence-electron chi connectivity index (χ1n) is 8.12. The van der Waals surface area contributed by atoms with Crippen molar-refractivity contribution < 1.29 is 12.8 Å². The summed E-state index contributed by atoms with van der Waals surface area (Å²) in [5, 5.41) is 1.28. The molecule has 2 aliphatic heterocycles. The molecule has 2 aliphatic rings. The topological polar surface area (TPSA) is 49.7 Å². The summed E-state index contributed by atoms with van der Waals surface area (Å²) in [6.45, 7) is 0. The molecule has 2 aromatic rings. The molecule has 136 valence electrons. The zero-order valence-electron chi connectivity index (χ0n) is 13.7. The molecule has 2 unspecified atom stereocenters. The zero-order chi connectivity index (χ0) is 18.3. The predicted octanol–water partition coefficient (Wildman–Crippen LogP) is 3.75. The summed E-state index contributed by atoms with van der Waals surface area (Å²) >= 11 is 7.54. The first kappa shape index (κ1) is 17.8. The molecule has 0 spiro atoms. The van der Waals surface area contributed by atoms with Crippen LogP contribution < -0.4 is 4.90 Å². The van der Waals surface area contributed by atoms with Gasteiger partial charge in [-0.1, -0.05) is 47.6 Å². The van der Waals surface area contributed by atoms with Gasteiger partial charge in [0, 0.05) is 16.5 Å². The molecule has 0 bridgehead atoms. The second-order valence-electron chi connectivity index (χ2n) is 6.35. The van der Waals surface area contributed by atoms with Crippen molar-refractivity contribution in [1.29, 1.82) is 0 Å². The van der Waals surface area contributed by atoms with E-state index in [0.29, 0.717) is 21.5 Å². The number of hydrogen-bond acceptors (Lipinski definition) is 5. The minimum Gasteiger partial charge on any atom is -0.315 e. The number of thioether (sulfide) groups is 1. The minimum atomic E-state index is -3.10. The van der Waals surface area contributed by atoms with Crippen molar-refractivity contribution in [2.45, 2.75) is 17.8 Å². The lowest BCUT2D eigenvalue weighted by Gasteiger charge is -2.26. The molecule has 26 heavy (non-hydrogen) atoms. The van der Waals surface area contributed by atoms with Gasteiger partial charge in [-0.05, 0) is 29.8 Å². The van der Waals surface area contributed by atoms with Gasteiger partial charge in [-0.3, -0.25) is 4.99 Å². The highest BCUT2D eigenvalue weighted by Gasteiger charge is 2.47. The fraction of sp³-hybridized carbons (Fsp3) is 0.278. The van der Waals surface area contributed by atoms with E-state index in [1.807, 2.05) is 17.0 Å². The maximum Gasteiger partial charge on any atom is 0.164 e. The molecule has 2 heterocycles. The van der Waals surface area contributed by atoms with E-state index < -0.39 is 9.84 Å². The van der Waals surface area contributed by atoms with Gasteiger partial charge < -0.3 is 4.90 Å². The fourth-order valence-electron chi connectivity index (χ4n) is 3.32. The Bertz CT molecular complexity index is 981. The Hall–Kier alpha value is -1.57. The lowest BCUT2D eigenvalue weighted by atomic mass is 10.1. The summed E-state index contributed by atoms with van der Waals surface area (Å²) < 4.78 is 38.0. The summed E-state index contributed by atoms with van der Waals surface area (Å²) in [4.78, 5) is 6.58. The van der Waals surface area contributed by atoms with E-state index in [-0.39, 0.29) is 29.4 Å². The van der Waals surface area contributed by atoms with E-state index in [0.717, 1.165) is 5.69 Å². The van der Waals surface area contributed by atoms with Crippen LogP contribution in [0.3, 0.4) is 0 Å². The van der Waals surface area contributed by atoms with E-state index in [4.69, 9.17) is 11.6 Å². The van der Waals surface area contributed by atoms with E-state index in [9.17, 15) is 12.8 Å². The molecule has 0 saturated carbocycles. The third-order valence-corrected chi connectivity index (χ3v) is 7.46. The first-order valence-corrected chi connectivity index (χ1v) is 11.3. The molecule has 0 amide bonds. The summed E-state index contributed by atoms with van der Waals surface area (Å²) in [6.07, 6.45) is 0. The SMILES string of the molecule is O=S1(=O)CC2N=C(SCc3ccccc3F)N(c3cccc(Cl)c3)C2C1. The van der Waals surface area contributed by atoms with Crippen molar-refractivity contribution in [3.8, 4) is 0 Å². The quantitative estimate of drug-likeness (QED) is 0.773.